The van der Waals surface area contributed by atoms with Crippen LogP contribution in [0.3, 0.4) is 0 Å². The minimum Gasteiger partial charge on any atom is -0.368 e. The SMILES string of the molecule is Cc1ccccc1N1CCN(C(=O)c2cc(-c3ccncc3)nc3ccc(F)cc23)CC1. The number of piperazine rings is 1. The van der Waals surface area contributed by atoms with Crippen LogP contribution < -0.4 is 4.90 Å². The van der Waals surface area contributed by atoms with Crippen LogP contribution in [0.2, 0.25) is 0 Å². The van der Waals surface area contributed by atoms with E-state index in [0.29, 0.717) is 35.2 Å². The molecule has 0 N–H and O–H groups in total. The summed E-state index contributed by atoms with van der Waals surface area (Å²) in [6, 6.07) is 18.2. The fourth-order valence-corrected chi connectivity index (χ4v) is 4.28. The van der Waals surface area contributed by atoms with Crippen LogP contribution in [-0.4, -0.2) is 47.0 Å². The number of rotatable bonds is 3. The van der Waals surface area contributed by atoms with E-state index in [2.05, 4.69) is 33.9 Å². The van der Waals surface area contributed by atoms with Gasteiger partial charge < -0.3 is 9.80 Å². The van der Waals surface area contributed by atoms with Gasteiger partial charge in [0.15, 0.2) is 0 Å². The van der Waals surface area contributed by atoms with E-state index in [-0.39, 0.29) is 11.7 Å². The summed E-state index contributed by atoms with van der Waals surface area (Å²) in [5.74, 6) is -0.475. The summed E-state index contributed by atoms with van der Waals surface area (Å²) in [6.07, 6.45) is 3.39. The minimum absolute atomic E-state index is 0.0947. The predicted molar refractivity (Wildman–Crippen MR) is 124 cm³/mol. The molecule has 1 amide bonds. The topological polar surface area (TPSA) is 49.3 Å². The quantitative estimate of drug-likeness (QED) is 0.476. The number of anilines is 1. The highest BCUT2D eigenvalue weighted by atomic mass is 19.1. The van der Waals surface area contributed by atoms with Gasteiger partial charge in [-0.05, 0) is 55.0 Å². The zero-order valence-corrected chi connectivity index (χ0v) is 17.8. The number of hydrogen-bond acceptors (Lipinski definition) is 4. The van der Waals surface area contributed by atoms with Gasteiger partial charge in [-0.3, -0.25) is 9.78 Å². The monoisotopic (exact) mass is 426 g/mol. The molecule has 1 fully saturated rings. The maximum absolute atomic E-state index is 14.1. The van der Waals surface area contributed by atoms with Crippen molar-refractivity contribution in [1.82, 2.24) is 14.9 Å². The maximum Gasteiger partial charge on any atom is 0.254 e. The lowest BCUT2D eigenvalue weighted by molar-refractivity contribution is 0.0748. The summed E-state index contributed by atoms with van der Waals surface area (Å²) < 4.78 is 14.1. The lowest BCUT2D eigenvalue weighted by atomic mass is 10.0. The summed E-state index contributed by atoms with van der Waals surface area (Å²) in [6.45, 7) is 4.83. The average molecular weight is 426 g/mol. The van der Waals surface area contributed by atoms with Crippen molar-refractivity contribution < 1.29 is 9.18 Å². The molecule has 5 nitrogen and oxygen atoms in total. The summed E-state index contributed by atoms with van der Waals surface area (Å²) in [5.41, 5.74) is 5.05. The van der Waals surface area contributed by atoms with Gasteiger partial charge in [0.05, 0.1) is 16.8 Å². The fraction of sp³-hybridized carbons (Fsp3) is 0.192. The van der Waals surface area contributed by atoms with E-state index in [0.717, 1.165) is 18.7 Å². The molecule has 0 aliphatic carbocycles. The van der Waals surface area contributed by atoms with Gasteiger partial charge in [0.2, 0.25) is 0 Å². The van der Waals surface area contributed by atoms with Crippen molar-refractivity contribution in [3.05, 3.63) is 90.0 Å². The Morgan fingerprint density at radius 3 is 2.44 bits per heavy atom. The Labute approximate surface area is 186 Å². The molecule has 0 spiro atoms. The van der Waals surface area contributed by atoms with Gasteiger partial charge in [-0.25, -0.2) is 9.37 Å². The molecule has 0 atom stereocenters. The standard InChI is InChI=1S/C26H23FN4O/c1-18-4-2-3-5-25(18)30-12-14-31(15-13-30)26(32)22-17-24(19-8-10-28-11-9-19)29-23-7-6-20(27)16-21(22)23/h2-11,16-17H,12-15H2,1H3. The zero-order valence-electron chi connectivity index (χ0n) is 17.8. The second-order valence-corrected chi connectivity index (χ2v) is 8.02. The molecule has 3 heterocycles. The Kier molecular flexibility index (Phi) is 5.27. The van der Waals surface area contributed by atoms with Crippen molar-refractivity contribution in [3.63, 3.8) is 0 Å². The molecule has 2 aromatic heterocycles. The molecular formula is C26H23FN4O. The summed E-state index contributed by atoms with van der Waals surface area (Å²) in [7, 11) is 0. The molecule has 0 saturated carbocycles. The molecule has 1 aliphatic heterocycles. The third kappa shape index (κ3) is 3.80. The van der Waals surface area contributed by atoms with Crippen molar-refractivity contribution in [2.45, 2.75) is 6.92 Å². The number of carbonyl (C=O) groups excluding carboxylic acids is 1. The van der Waals surface area contributed by atoms with Crippen LogP contribution in [-0.2, 0) is 0 Å². The van der Waals surface area contributed by atoms with Gasteiger partial charge in [0, 0.05) is 55.2 Å². The van der Waals surface area contributed by atoms with Crippen molar-refractivity contribution in [1.29, 1.82) is 0 Å². The second-order valence-electron chi connectivity index (χ2n) is 8.02. The van der Waals surface area contributed by atoms with Crippen LogP contribution in [0.5, 0.6) is 0 Å². The molecule has 2 aromatic carbocycles. The zero-order chi connectivity index (χ0) is 22.1. The maximum atomic E-state index is 14.1. The van der Waals surface area contributed by atoms with E-state index in [1.54, 1.807) is 24.5 Å². The van der Waals surface area contributed by atoms with Crippen LogP contribution in [0.15, 0.2) is 73.1 Å². The van der Waals surface area contributed by atoms with E-state index in [1.165, 1.54) is 23.4 Å². The summed E-state index contributed by atoms with van der Waals surface area (Å²) in [4.78, 5) is 26.4. The van der Waals surface area contributed by atoms with Gasteiger partial charge in [-0.15, -0.1) is 0 Å². The Morgan fingerprint density at radius 1 is 0.938 bits per heavy atom. The van der Waals surface area contributed by atoms with E-state index in [9.17, 15) is 9.18 Å². The van der Waals surface area contributed by atoms with E-state index >= 15 is 0 Å². The van der Waals surface area contributed by atoms with Gasteiger partial charge in [0.25, 0.3) is 5.91 Å². The number of halogens is 1. The Balaban J connectivity index is 1.47. The van der Waals surface area contributed by atoms with E-state index < -0.39 is 0 Å². The van der Waals surface area contributed by atoms with Gasteiger partial charge in [0.1, 0.15) is 5.82 Å². The number of hydrogen-bond donors (Lipinski definition) is 0. The number of pyridine rings is 2. The third-order valence-electron chi connectivity index (χ3n) is 6.00. The molecule has 32 heavy (non-hydrogen) atoms. The van der Waals surface area contributed by atoms with Crippen LogP contribution in [0.25, 0.3) is 22.2 Å². The van der Waals surface area contributed by atoms with Crippen molar-refractivity contribution >= 4 is 22.5 Å². The highest BCUT2D eigenvalue weighted by Crippen LogP contribution is 2.27. The minimum atomic E-state index is -0.380. The number of amides is 1. The van der Waals surface area contributed by atoms with Crippen molar-refractivity contribution in [2.75, 3.05) is 31.1 Å². The first-order chi connectivity index (χ1) is 15.6. The largest absolute Gasteiger partial charge is 0.368 e. The number of aromatic nitrogens is 2. The Bertz CT molecular complexity index is 1280. The first kappa shape index (κ1) is 20.1. The normalized spacial score (nSPS) is 14.1. The molecule has 0 radical (unpaired) electrons. The van der Waals surface area contributed by atoms with Crippen LogP contribution in [0, 0.1) is 12.7 Å². The van der Waals surface area contributed by atoms with Crippen molar-refractivity contribution in [3.8, 4) is 11.3 Å². The molecule has 160 valence electrons. The number of nitrogens with zero attached hydrogens (tertiary/aromatic N) is 4. The second kappa shape index (κ2) is 8.38. The predicted octanol–water partition coefficient (Wildman–Crippen LogP) is 4.71. The average Bonchev–Trinajstić information content (AvgIpc) is 2.84. The molecule has 5 rings (SSSR count). The van der Waals surface area contributed by atoms with Gasteiger partial charge in [-0.1, -0.05) is 18.2 Å². The first-order valence-corrected chi connectivity index (χ1v) is 10.7. The molecular weight excluding hydrogens is 403 g/mol. The molecule has 6 heteroatoms. The lowest BCUT2D eigenvalue weighted by Gasteiger charge is -2.37. The van der Waals surface area contributed by atoms with Gasteiger partial charge in [-0.2, -0.15) is 0 Å². The molecule has 0 bridgehead atoms. The van der Waals surface area contributed by atoms with E-state index in [4.69, 9.17) is 0 Å². The van der Waals surface area contributed by atoms with Crippen molar-refractivity contribution in [2.24, 2.45) is 0 Å². The number of benzene rings is 2. The number of fused-ring (bicyclic) bond motifs is 1. The first-order valence-electron chi connectivity index (χ1n) is 10.7. The molecule has 0 unspecified atom stereocenters. The highest BCUT2D eigenvalue weighted by molar-refractivity contribution is 6.07. The fourth-order valence-electron chi connectivity index (χ4n) is 4.28. The summed E-state index contributed by atoms with van der Waals surface area (Å²) in [5, 5.41) is 0.536. The van der Waals surface area contributed by atoms with Crippen LogP contribution in [0.1, 0.15) is 15.9 Å². The third-order valence-corrected chi connectivity index (χ3v) is 6.00. The molecule has 1 saturated heterocycles. The lowest BCUT2D eigenvalue weighted by Crippen LogP contribution is -2.49. The molecule has 1 aliphatic rings. The molecule has 4 aromatic rings. The number of carbonyl (C=O) groups is 1. The highest BCUT2D eigenvalue weighted by Gasteiger charge is 2.25. The Hall–Kier alpha value is -3.80. The van der Waals surface area contributed by atoms with Crippen LogP contribution in [0.4, 0.5) is 10.1 Å². The summed E-state index contributed by atoms with van der Waals surface area (Å²) >= 11 is 0. The van der Waals surface area contributed by atoms with Gasteiger partial charge >= 0.3 is 0 Å². The number of para-hydroxylation sites is 1. The van der Waals surface area contributed by atoms with E-state index in [1.807, 2.05) is 29.2 Å². The smallest absolute Gasteiger partial charge is 0.254 e. The van der Waals surface area contributed by atoms with Crippen LogP contribution >= 0.6 is 0 Å². The Morgan fingerprint density at radius 2 is 1.69 bits per heavy atom. The number of aryl methyl sites for hydroxylation is 1.